The first-order valence-electron chi connectivity index (χ1n) is 6.29. The second-order valence-electron chi connectivity index (χ2n) is 5.42. The number of hydrogen-bond donors (Lipinski definition) is 0. The molecule has 96 valence electrons. The van der Waals surface area contributed by atoms with Crippen LogP contribution in [0.4, 0.5) is 8.78 Å². The van der Waals surface area contributed by atoms with E-state index in [9.17, 15) is 8.78 Å². The summed E-state index contributed by atoms with van der Waals surface area (Å²) in [5.41, 5.74) is 1.49. The number of benzene rings is 1. The molecule has 0 amide bonds. The van der Waals surface area contributed by atoms with E-state index >= 15 is 0 Å². The predicted octanol–water partition coefficient (Wildman–Crippen LogP) is 2.33. The second-order valence-corrected chi connectivity index (χ2v) is 5.42. The number of rotatable bonds is 1. The molecule has 2 aliphatic heterocycles. The van der Waals surface area contributed by atoms with E-state index in [1.165, 1.54) is 6.07 Å². The Hall–Kier alpha value is -1.29. The Morgan fingerprint density at radius 3 is 2.78 bits per heavy atom. The highest BCUT2D eigenvalue weighted by atomic mass is 19.1. The molecule has 0 bridgehead atoms. The van der Waals surface area contributed by atoms with Crippen LogP contribution >= 0.6 is 0 Å². The van der Waals surface area contributed by atoms with Gasteiger partial charge in [-0.05, 0) is 20.2 Å². The molecule has 2 nitrogen and oxygen atoms in total. The standard InChI is InChI=1S/C14H17F2N2/c1-17(2)11-3-4-18-8-9-5-10(15)6-12(16)14(9)13(18)7-11/h4-6,11,13H,3,7-8H2,1-2H3/q+1. The van der Waals surface area contributed by atoms with Crippen molar-refractivity contribution < 1.29 is 13.4 Å². The molecule has 3 rings (SSSR count). The Bertz CT molecular complexity index is 523. The molecule has 0 N–H and O–H groups in total. The molecule has 0 spiro atoms. The summed E-state index contributed by atoms with van der Waals surface area (Å²) in [7, 11) is 4.09. The van der Waals surface area contributed by atoms with Crippen LogP contribution in [0.25, 0.3) is 0 Å². The largest absolute Gasteiger partial charge is 0.306 e. The summed E-state index contributed by atoms with van der Waals surface area (Å²) in [6.07, 6.45) is 4.01. The fourth-order valence-corrected chi connectivity index (χ4v) is 3.09. The third-order valence-electron chi connectivity index (χ3n) is 4.10. The van der Waals surface area contributed by atoms with Gasteiger partial charge in [-0.15, -0.1) is 0 Å². The van der Waals surface area contributed by atoms with Gasteiger partial charge in [0.05, 0.1) is 5.56 Å². The van der Waals surface area contributed by atoms with Gasteiger partial charge in [0.15, 0.2) is 12.6 Å². The molecule has 0 aliphatic carbocycles. The van der Waals surface area contributed by atoms with Crippen LogP contribution in [0, 0.1) is 11.6 Å². The maximum absolute atomic E-state index is 14.0. The van der Waals surface area contributed by atoms with E-state index in [-0.39, 0.29) is 6.04 Å². The third-order valence-corrected chi connectivity index (χ3v) is 4.10. The first-order valence-corrected chi connectivity index (χ1v) is 6.29. The molecular weight excluding hydrogens is 234 g/mol. The molecule has 0 saturated carbocycles. The van der Waals surface area contributed by atoms with Crippen LogP contribution in [0.3, 0.4) is 0 Å². The molecule has 18 heavy (non-hydrogen) atoms. The maximum Gasteiger partial charge on any atom is 0.182 e. The molecule has 2 heterocycles. The Labute approximate surface area is 106 Å². The quantitative estimate of drug-likeness (QED) is 0.694. The molecule has 0 radical (unpaired) electrons. The van der Waals surface area contributed by atoms with Gasteiger partial charge in [0, 0.05) is 30.5 Å². The molecule has 4 heteroatoms. The summed E-state index contributed by atoms with van der Waals surface area (Å²) in [6.45, 7) is 0.634. The van der Waals surface area contributed by atoms with E-state index in [1.54, 1.807) is 0 Å². The van der Waals surface area contributed by atoms with E-state index in [2.05, 4.69) is 15.7 Å². The Kier molecular flexibility index (Phi) is 2.70. The minimum absolute atomic E-state index is 0.0711. The highest BCUT2D eigenvalue weighted by molar-refractivity contribution is 5.54. The normalized spacial score (nSPS) is 25.9. The fourth-order valence-electron chi connectivity index (χ4n) is 3.09. The molecule has 0 fully saturated rings. The van der Waals surface area contributed by atoms with Crippen molar-refractivity contribution in [2.75, 3.05) is 14.1 Å². The third kappa shape index (κ3) is 1.75. The topological polar surface area (TPSA) is 6.25 Å². The summed E-state index contributed by atoms with van der Waals surface area (Å²) in [6, 6.07) is 2.97. The summed E-state index contributed by atoms with van der Waals surface area (Å²) in [5, 5.41) is 0. The molecule has 2 aliphatic rings. The molecule has 1 aromatic carbocycles. The molecule has 1 aromatic rings. The van der Waals surface area contributed by atoms with Gasteiger partial charge >= 0.3 is 0 Å². The van der Waals surface area contributed by atoms with E-state index in [0.29, 0.717) is 18.2 Å². The van der Waals surface area contributed by atoms with Gasteiger partial charge in [0.1, 0.15) is 17.8 Å². The van der Waals surface area contributed by atoms with Crippen molar-refractivity contribution in [1.29, 1.82) is 0 Å². The van der Waals surface area contributed by atoms with Gasteiger partial charge < -0.3 is 4.90 Å². The van der Waals surface area contributed by atoms with Crippen molar-refractivity contribution in [3.63, 3.8) is 0 Å². The van der Waals surface area contributed by atoms with Crippen LogP contribution in [0.1, 0.15) is 30.0 Å². The lowest BCUT2D eigenvalue weighted by Crippen LogP contribution is -2.36. The van der Waals surface area contributed by atoms with Crippen LogP contribution < -0.4 is 0 Å². The lowest BCUT2D eigenvalue weighted by molar-refractivity contribution is -0.579. The van der Waals surface area contributed by atoms with Gasteiger partial charge in [0.2, 0.25) is 0 Å². The maximum atomic E-state index is 14.0. The number of hydrogen-bond acceptors (Lipinski definition) is 1. The minimum Gasteiger partial charge on any atom is -0.306 e. The zero-order valence-corrected chi connectivity index (χ0v) is 10.7. The fraction of sp³-hybridized carbons (Fsp3) is 0.500. The van der Waals surface area contributed by atoms with E-state index in [4.69, 9.17) is 0 Å². The van der Waals surface area contributed by atoms with Gasteiger partial charge in [-0.2, -0.15) is 0 Å². The van der Waals surface area contributed by atoms with Gasteiger partial charge in [-0.25, -0.2) is 13.4 Å². The predicted molar refractivity (Wildman–Crippen MR) is 65.8 cm³/mol. The number of nitrogens with zero attached hydrogens (tertiary/aromatic N) is 2. The van der Waals surface area contributed by atoms with Gasteiger partial charge in [0.25, 0.3) is 0 Å². The average molecular weight is 251 g/mol. The van der Waals surface area contributed by atoms with Crippen LogP contribution in [-0.2, 0) is 6.54 Å². The van der Waals surface area contributed by atoms with Crippen LogP contribution in [0.2, 0.25) is 0 Å². The monoisotopic (exact) mass is 251 g/mol. The summed E-state index contributed by atoms with van der Waals surface area (Å²) in [4.78, 5) is 2.17. The Morgan fingerprint density at radius 2 is 2.06 bits per heavy atom. The van der Waals surface area contributed by atoms with Gasteiger partial charge in [-0.3, -0.25) is 0 Å². The molecule has 0 saturated heterocycles. The molecule has 2 atom stereocenters. The zero-order chi connectivity index (χ0) is 12.9. The SMILES string of the molecule is CN(C)C1CC=[N+]2Cc3cc(F)cc(F)c3C2C1. The first-order chi connectivity index (χ1) is 8.56. The number of fused-ring (bicyclic) bond motifs is 3. The lowest BCUT2D eigenvalue weighted by Gasteiger charge is -2.27. The summed E-state index contributed by atoms with van der Waals surface area (Å²) in [5.74, 6) is -0.874. The highest BCUT2D eigenvalue weighted by Gasteiger charge is 2.41. The average Bonchev–Trinajstić information content (AvgIpc) is 2.65. The van der Waals surface area contributed by atoms with E-state index in [1.807, 2.05) is 14.1 Å². The van der Waals surface area contributed by atoms with Crippen molar-refractivity contribution in [2.24, 2.45) is 0 Å². The Morgan fingerprint density at radius 1 is 1.28 bits per heavy atom. The van der Waals surface area contributed by atoms with Crippen molar-refractivity contribution >= 4 is 6.21 Å². The molecule has 0 aromatic heterocycles. The van der Waals surface area contributed by atoms with Crippen LogP contribution in [0.5, 0.6) is 0 Å². The minimum atomic E-state index is -0.477. The van der Waals surface area contributed by atoms with Crippen molar-refractivity contribution in [1.82, 2.24) is 4.90 Å². The zero-order valence-electron chi connectivity index (χ0n) is 10.7. The van der Waals surface area contributed by atoms with Gasteiger partial charge in [-0.1, -0.05) is 0 Å². The van der Waals surface area contributed by atoms with Crippen LogP contribution in [-0.4, -0.2) is 35.8 Å². The number of halogens is 2. The summed E-state index contributed by atoms with van der Waals surface area (Å²) >= 11 is 0. The van der Waals surface area contributed by atoms with E-state index < -0.39 is 11.6 Å². The molecular formula is C14H17F2N2+. The Balaban J connectivity index is 2.01. The smallest absolute Gasteiger partial charge is 0.182 e. The van der Waals surface area contributed by atoms with Crippen molar-refractivity contribution in [3.05, 3.63) is 34.9 Å². The first kappa shape index (κ1) is 11.8. The van der Waals surface area contributed by atoms with Crippen molar-refractivity contribution in [3.8, 4) is 0 Å². The summed E-state index contributed by atoms with van der Waals surface area (Å²) < 4.78 is 29.3. The highest BCUT2D eigenvalue weighted by Crippen LogP contribution is 2.38. The lowest BCUT2D eigenvalue weighted by atomic mass is 9.94. The van der Waals surface area contributed by atoms with E-state index in [0.717, 1.165) is 24.5 Å². The van der Waals surface area contributed by atoms with Crippen molar-refractivity contribution in [2.45, 2.75) is 31.5 Å². The second kappa shape index (κ2) is 4.12. The molecule has 2 unspecified atom stereocenters. The van der Waals surface area contributed by atoms with Crippen LogP contribution in [0.15, 0.2) is 12.1 Å².